The summed E-state index contributed by atoms with van der Waals surface area (Å²) in [5.74, 6) is 0.781. The molecule has 0 saturated carbocycles. The van der Waals surface area contributed by atoms with Crippen molar-refractivity contribution in [3.05, 3.63) is 72.8 Å². The minimum Gasteiger partial charge on any atom is -0.489 e. The lowest BCUT2D eigenvalue weighted by Gasteiger charge is -2.17. The van der Waals surface area contributed by atoms with Crippen molar-refractivity contribution < 1.29 is 4.74 Å². The monoisotopic (exact) mass is 312 g/mol. The highest BCUT2D eigenvalue weighted by molar-refractivity contribution is 7.80. The van der Waals surface area contributed by atoms with Gasteiger partial charge in [-0.05, 0) is 36.8 Å². The van der Waals surface area contributed by atoms with Gasteiger partial charge in [-0.1, -0.05) is 49.1 Å². The molecular formula is C18H20N2OS. The van der Waals surface area contributed by atoms with Crippen LogP contribution < -0.4 is 15.4 Å². The lowest BCUT2D eigenvalue weighted by molar-refractivity contribution is 0.363. The topological polar surface area (TPSA) is 33.3 Å². The van der Waals surface area contributed by atoms with E-state index in [2.05, 4.69) is 36.3 Å². The van der Waals surface area contributed by atoms with Gasteiger partial charge in [-0.2, -0.15) is 0 Å². The normalized spacial score (nSPS) is 11.3. The molecule has 0 heterocycles. The molecule has 1 unspecified atom stereocenters. The smallest absolute Gasteiger partial charge is 0.171 e. The van der Waals surface area contributed by atoms with Crippen LogP contribution in [0, 0.1) is 0 Å². The summed E-state index contributed by atoms with van der Waals surface area (Å²) in [5.41, 5.74) is 2.08. The average Bonchev–Trinajstić information content (AvgIpc) is 2.54. The molecule has 0 aliphatic heterocycles. The fraction of sp³-hybridized carbons (Fsp3) is 0.167. The van der Waals surface area contributed by atoms with Gasteiger partial charge in [0.05, 0.1) is 6.04 Å². The van der Waals surface area contributed by atoms with Crippen LogP contribution in [-0.2, 0) is 0 Å². The van der Waals surface area contributed by atoms with Crippen molar-refractivity contribution in [3.63, 3.8) is 0 Å². The van der Waals surface area contributed by atoms with E-state index in [1.165, 1.54) is 5.56 Å². The molecule has 0 saturated heterocycles. The Bertz CT molecular complexity index is 628. The van der Waals surface area contributed by atoms with Gasteiger partial charge in [0.15, 0.2) is 5.11 Å². The zero-order chi connectivity index (χ0) is 15.8. The standard InChI is InChI=1S/C18H20N2OS/c1-3-12-21-17-11-7-10-16(13-17)20-18(22)19-14(2)15-8-5-4-6-9-15/h3-11,13-14H,1,12H2,2H3,(H2,19,20,22). The van der Waals surface area contributed by atoms with Gasteiger partial charge in [0.25, 0.3) is 0 Å². The minimum absolute atomic E-state index is 0.140. The van der Waals surface area contributed by atoms with Crippen molar-refractivity contribution in [2.45, 2.75) is 13.0 Å². The molecule has 0 fully saturated rings. The van der Waals surface area contributed by atoms with E-state index >= 15 is 0 Å². The molecule has 2 rings (SSSR count). The molecule has 3 nitrogen and oxygen atoms in total. The van der Waals surface area contributed by atoms with Crippen LogP contribution in [0.2, 0.25) is 0 Å². The molecule has 114 valence electrons. The molecule has 0 amide bonds. The zero-order valence-electron chi connectivity index (χ0n) is 12.6. The summed E-state index contributed by atoms with van der Waals surface area (Å²) in [6.45, 7) is 6.20. The van der Waals surface area contributed by atoms with Gasteiger partial charge in [-0.3, -0.25) is 0 Å². The van der Waals surface area contributed by atoms with E-state index in [1.54, 1.807) is 6.08 Å². The molecule has 2 aromatic carbocycles. The summed E-state index contributed by atoms with van der Waals surface area (Å²) < 4.78 is 5.51. The highest BCUT2D eigenvalue weighted by Crippen LogP contribution is 2.18. The van der Waals surface area contributed by atoms with Gasteiger partial charge in [-0.15, -0.1) is 0 Å². The summed E-state index contributed by atoms with van der Waals surface area (Å²) in [7, 11) is 0. The summed E-state index contributed by atoms with van der Waals surface area (Å²) >= 11 is 5.36. The second-order valence-electron chi connectivity index (χ2n) is 4.86. The molecule has 0 aliphatic carbocycles. The van der Waals surface area contributed by atoms with Gasteiger partial charge in [0.2, 0.25) is 0 Å². The third-order valence-electron chi connectivity index (χ3n) is 3.11. The van der Waals surface area contributed by atoms with Crippen LogP contribution in [0.1, 0.15) is 18.5 Å². The van der Waals surface area contributed by atoms with Crippen LogP contribution in [-0.4, -0.2) is 11.7 Å². The Hall–Kier alpha value is -2.33. The Balaban J connectivity index is 1.93. The quantitative estimate of drug-likeness (QED) is 0.615. The summed E-state index contributed by atoms with van der Waals surface area (Å²) in [4.78, 5) is 0. The number of hydrogen-bond donors (Lipinski definition) is 2. The fourth-order valence-electron chi connectivity index (χ4n) is 2.01. The summed E-state index contributed by atoms with van der Waals surface area (Å²) in [5, 5.41) is 7.03. The van der Waals surface area contributed by atoms with Crippen molar-refractivity contribution in [1.82, 2.24) is 5.32 Å². The molecule has 2 aromatic rings. The lowest BCUT2D eigenvalue weighted by atomic mass is 10.1. The molecule has 2 N–H and O–H groups in total. The SMILES string of the molecule is C=CCOc1cccc(NC(=S)NC(C)c2ccccc2)c1. The molecule has 22 heavy (non-hydrogen) atoms. The Morgan fingerprint density at radius 3 is 2.73 bits per heavy atom. The first-order chi connectivity index (χ1) is 10.7. The number of rotatable bonds is 6. The van der Waals surface area contributed by atoms with E-state index < -0.39 is 0 Å². The van der Waals surface area contributed by atoms with Crippen molar-refractivity contribution in [3.8, 4) is 5.75 Å². The third-order valence-corrected chi connectivity index (χ3v) is 3.33. The Morgan fingerprint density at radius 2 is 2.00 bits per heavy atom. The average molecular weight is 312 g/mol. The van der Waals surface area contributed by atoms with Gasteiger partial charge in [-0.25, -0.2) is 0 Å². The molecule has 0 spiro atoms. The van der Waals surface area contributed by atoms with E-state index in [1.807, 2.05) is 42.5 Å². The summed E-state index contributed by atoms with van der Waals surface area (Å²) in [6.07, 6.45) is 1.72. The van der Waals surface area contributed by atoms with Crippen LogP contribution in [0.3, 0.4) is 0 Å². The third kappa shape index (κ3) is 4.90. The largest absolute Gasteiger partial charge is 0.489 e. The number of anilines is 1. The molecule has 0 aromatic heterocycles. The number of hydrogen-bond acceptors (Lipinski definition) is 2. The Kier molecular flexibility index (Phi) is 5.98. The van der Waals surface area contributed by atoms with Crippen LogP contribution in [0.25, 0.3) is 0 Å². The maximum atomic E-state index is 5.51. The minimum atomic E-state index is 0.140. The van der Waals surface area contributed by atoms with Crippen LogP contribution in [0.5, 0.6) is 5.75 Å². The van der Waals surface area contributed by atoms with Crippen molar-refractivity contribution >= 4 is 23.0 Å². The van der Waals surface area contributed by atoms with E-state index in [0.717, 1.165) is 11.4 Å². The number of ether oxygens (including phenoxy) is 1. The zero-order valence-corrected chi connectivity index (χ0v) is 13.4. The highest BCUT2D eigenvalue weighted by Gasteiger charge is 2.06. The van der Waals surface area contributed by atoms with Gasteiger partial charge >= 0.3 is 0 Å². The predicted molar refractivity (Wildman–Crippen MR) is 96.3 cm³/mol. The van der Waals surface area contributed by atoms with Crippen LogP contribution in [0.15, 0.2) is 67.3 Å². The first-order valence-corrected chi connectivity index (χ1v) is 7.56. The molecule has 4 heteroatoms. The number of thiocarbonyl (C=S) groups is 1. The summed E-state index contributed by atoms with van der Waals surface area (Å²) in [6, 6.07) is 18.0. The lowest BCUT2D eigenvalue weighted by Crippen LogP contribution is -2.30. The molecule has 0 radical (unpaired) electrons. The molecular weight excluding hydrogens is 292 g/mol. The molecule has 1 atom stereocenters. The highest BCUT2D eigenvalue weighted by atomic mass is 32.1. The number of benzene rings is 2. The van der Waals surface area contributed by atoms with E-state index in [9.17, 15) is 0 Å². The second kappa shape index (κ2) is 8.20. The van der Waals surface area contributed by atoms with Gasteiger partial charge in [0.1, 0.15) is 12.4 Å². The molecule has 0 aliphatic rings. The van der Waals surface area contributed by atoms with E-state index in [0.29, 0.717) is 11.7 Å². The van der Waals surface area contributed by atoms with Crippen molar-refractivity contribution in [1.29, 1.82) is 0 Å². The predicted octanol–water partition coefficient (Wildman–Crippen LogP) is 4.30. The first kappa shape index (κ1) is 16.0. The second-order valence-corrected chi connectivity index (χ2v) is 5.27. The van der Waals surface area contributed by atoms with Crippen LogP contribution in [0.4, 0.5) is 5.69 Å². The van der Waals surface area contributed by atoms with E-state index in [-0.39, 0.29) is 6.04 Å². The van der Waals surface area contributed by atoms with Crippen molar-refractivity contribution in [2.75, 3.05) is 11.9 Å². The maximum absolute atomic E-state index is 5.51. The van der Waals surface area contributed by atoms with Gasteiger partial charge in [0, 0.05) is 11.8 Å². The van der Waals surface area contributed by atoms with Crippen LogP contribution >= 0.6 is 12.2 Å². The van der Waals surface area contributed by atoms with Crippen molar-refractivity contribution in [2.24, 2.45) is 0 Å². The van der Waals surface area contributed by atoms with E-state index in [4.69, 9.17) is 17.0 Å². The molecule has 0 bridgehead atoms. The Morgan fingerprint density at radius 1 is 1.23 bits per heavy atom. The number of nitrogens with one attached hydrogen (secondary N) is 2. The Labute approximate surface area is 137 Å². The first-order valence-electron chi connectivity index (χ1n) is 7.15. The van der Waals surface area contributed by atoms with Gasteiger partial charge < -0.3 is 15.4 Å². The maximum Gasteiger partial charge on any atom is 0.171 e. The fourth-order valence-corrected chi connectivity index (χ4v) is 2.30.